The number of hydrogen-bond donors (Lipinski definition) is 2. The largest absolute Gasteiger partial charge is 0.334 e. The van der Waals surface area contributed by atoms with E-state index in [0.29, 0.717) is 6.54 Å². The van der Waals surface area contributed by atoms with E-state index < -0.39 is 0 Å². The molecule has 0 spiro atoms. The van der Waals surface area contributed by atoms with E-state index in [0.717, 1.165) is 27.1 Å². The first-order valence-electron chi connectivity index (χ1n) is 5.60. The van der Waals surface area contributed by atoms with E-state index in [2.05, 4.69) is 15.6 Å². The van der Waals surface area contributed by atoms with Crippen LogP contribution in [0, 0.1) is 0 Å². The van der Waals surface area contributed by atoms with Crippen LogP contribution in [0.25, 0.3) is 0 Å². The van der Waals surface area contributed by atoms with Crippen LogP contribution in [-0.2, 0) is 6.54 Å². The van der Waals surface area contributed by atoms with Crippen LogP contribution in [0.1, 0.15) is 5.56 Å². The van der Waals surface area contributed by atoms with E-state index in [9.17, 15) is 4.79 Å². The lowest BCUT2D eigenvalue weighted by Crippen LogP contribution is -2.28. The van der Waals surface area contributed by atoms with E-state index in [4.69, 9.17) is 10.7 Å². The van der Waals surface area contributed by atoms with Gasteiger partial charge in [0.1, 0.15) is 0 Å². The monoisotopic (exact) mass is 293 g/mol. The summed E-state index contributed by atoms with van der Waals surface area (Å²) >= 11 is 0. The van der Waals surface area contributed by atoms with Gasteiger partial charge in [-0.25, -0.2) is 4.79 Å². The number of aromatic nitrogens is 1. The molecule has 1 aromatic carbocycles. The molecule has 0 fully saturated rings. The fourth-order valence-corrected chi connectivity index (χ4v) is 2.00. The molecule has 0 aliphatic carbocycles. The number of anilines is 1. The van der Waals surface area contributed by atoms with Crippen molar-refractivity contribution in [1.82, 2.24) is 10.3 Å². The average molecular weight is 294 g/mol. The number of hydrogen-bond acceptors (Lipinski definition) is 3. The highest BCUT2D eigenvalue weighted by atomic mass is 35.7. The standard InChI is InChI=1S/C13H12ClN3OS/c14-19-12-3-1-11(2-4-12)17-13(18)16-9-10-5-7-15-8-6-10/h1-8H,9H2,(H2,16,17,18). The minimum absolute atomic E-state index is 0.247. The van der Waals surface area contributed by atoms with Gasteiger partial charge in [0, 0.05) is 29.5 Å². The maximum absolute atomic E-state index is 11.7. The zero-order valence-corrected chi connectivity index (χ0v) is 11.5. The number of rotatable bonds is 4. The Kier molecular flexibility index (Phi) is 5.06. The topological polar surface area (TPSA) is 54.0 Å². The lowest BCUT2D eigenvalue weighted by atomic mass is 10.3. The van der Waals surface area contributed by atoms with E-state index >= 15 is 0 Å². The summed E-state index contributed by atoms with van der Waals surface area (Å²) in [5.74, 6) is 0. The molecule has 0 aliphatic heterocycles. The molecule has 6 heteroatoms. The third-order valence-corrected chi connectivity index (χ3v) is 3.39. The fraction of sp³-hybridized carbons (Fsp3) is 0.0769. The normalized spacial score (nSPS) is 9.95. The molecule has 2 rings (SSSR count). The van der Waals surface area contributed by atoms with Crippen molar-refractivity contribution in [2.45, 2.75) is 11.4 Å². The molecular weight excluding hydrogens is 282 g/mol. The van der Waals surface area contributed by atoms with Crippen molar-refractivity contribution < 1.29 is 4.79 Å². The van der Waals surface area contributed by atoms with Gasteiger partial charge in [0.25, 0.3) is 0 Å². The van der Waals surface area contributed by atoms with Gasteiger partial charge in [-0.1, -0.05) is 0 Å². The minimum Gasteiger partial charge on any atom is -0.334 e. The van der Waals surface area contributed by atoms with Crippen LogP contribution in [0.2, 0.25) is 0 Å². The highest BCUT2D eigenvalue weighted by Gasteiger charge is 2.01. The number of nitrogens with one attached hydrogen (secondary N) is 2. The molecule has 0 atom stereocenters. The Morgan fingerprint density at radius 2 is 1.84 bits per heavy atom. The number of carbonyl (C=O) groups is 1. The molecule has 4 nitrogen and oxygen atoms in total. The van der Waals surface area contributed by atoms with Gasteiger partial charge < -0.3 is 10.6 Å². The van der Waals surface area contributed by atoms with Gasteiger partial charge in [-0.2, -0.15) is 0 Å². The zero-order chi connectivity index (χ0) is 13.5. The number of halogens is 1. The van der Waals surface area contributed by atoms with Crippen LogP contribution in [0.5, 0.6) is 0 Å². The average Bonchev–Trinajstić information content (AvgIpc) is 2.47. The number of amides is 2. The Morgan fingerprint density at radius 1 is 1.16 bits per heavy atom. The predicted octanol–water partition coefficient (Wildman–Crippen LogP) is 3.65. The Balaban J connectivity index is 1.83. The summed E-state index contributed by atoms with van der Waals surface area (Å²) in [7, 11) is 6.76. The summed E-state index contributed by atoms with van der Waals surface area (Å²) < 4.78 is 0. The van der Waals surface area contributed by atoms with E-state index in [-0.39, 0.29) is 6.03 Å². The zero-order valence-electron chi connectivity index (χ0n) is 9.97. The second-order valence-corrected chi connectivity index (χ2v) is 4.85. The Hall–Kier alpha value is -1.72. The quantitative estimate of drug-likeness (QED) is 0.905. The highest BCUT2D eigenvalue weighted by molar-refractivity contribution is 8.21. The first-order valence-corrected chi connectivity index (χ1v) is 7.24. The van der Waals surface area contributed by atoms with Gasteiger partial charge in [-0.3, -0.25) is 4.98 Å². The number of benzene rings is 1. The van der Waals surface area contributed by atoms with Gasteiger partial charge in [-0.05, 0) is 63.6 Å². The first kappa shape index (κ1) is 13.7. The van der Waals surface area contributed by atoms with Crippen LogP contribution in [-0.4, -0.2) is 11.0 Å². The predicted molar refractivity (Wildman–Crippen MR) is 78.2 cm³/mol. The molecule has 0 saturated heterocycles. The van der Waals surface area contributed by atoms with Gasteiger partial charge >= 0.3 is 6.03 Å². The molecule has 0 aliphatic rings. The Bertz CT molecular complexity index is 533. The Morgan fingerprint density at radius 3 is 2.47 bits per heavy atom. The van der Waals surface area contributed by atoms with E-state index in [1.54, 1.807) is 24.5 Å². The fourth-order valence-electron chi connectivity index (χ4n) is 1.45. The van der Waals surface area contributed by atoms with Crippen molar-refractivity contribution in [1.29, 1.82) is 0 Å². The van der Waals surface area contributed by atoms with Gasteiger partial charge in [-0.15, -0.1) is 0 Å². The van der Waals surface area contributed by atoms with Gasteiger partial charge in [0.05, 0.1) is 0 Å². The number of pyridine rings is 1. The maximum atomic E-state index is 11.7. The lowest BCUT2D eigenvalue weighted by Gasteiger charge is -2.07. The second-order valence-electron chi connectivity index (χ2n) is 3.76. The third kappa shape index (κ3) is 4.46. The van der Waals surface area contributed by atoms with Crippen molar-refractivity contribution >= 4 is 33.4 Å². The minimum atomic E-state index is -0.247. The Labute approximate surface area is 120 Å². The van der Waals surface area contributed by atoms with Crippen molar-refractivity contribution in [3.8, 4) is 0 Å². The summed E-state index contributed by atoms with van der Waals surface area (Å²) in [6.07, 6.45) is 3.38. The summed E-state index contributed by atoms with van der Waals surface area (Å²) in [5, 5.41) is 5.51. The van der Waals surface area contributed by atoms with Crippen LogP contribution in [0.4, 0.5) is 10.5 Å². The van der Waals surface area contributed by atoms with Gasteiger partial charge in [0.2, 0.25) is 0 Å². The van der Waals surface area contributed by atoms with Crippen LogP contribution >= 0.6 is 21.7 Å². The highest BCUT2D eigenvalue weighted by Crippen LogP contribution is 2.23. The van der Waals surface area contributed by atoms with Crippen LogP contribution in [0.15, 0.2) is 53.7 Å². The van der Waals surface area contributed by atoms with Gasteiger partial charge in [0.15, 0.2) is 0 Å². The SMILES string of the molecule is O=C(NCc1ccncc1)Nc1ccc(SCl)cc1. The molecule has 19 heavy (non-hydrogen) atoms. The van der Waals surface area contributed by atoms with Crippen molar-refractivity contribution in [3.05, 3.63) is 54.4 Å². The molecule has 0 bridgehead atoms. The molecule has 2 amide bonds. The van der Waals surface area contributed by atoms with Crippen LogP contribution < -0.4 is 10.6 Å². The molecule has 0 unspecified atom stereocenters. The second kappa shape index (κ2) is 7.01. The number of urea groups is 1. The molecule has 1 aromatic heterocycles. The molecule has 2 aromatic rings. The first-order chi connectivity index (χ1) is 9.28. The number of nitrogens with zero attached hydrogens (tertiary/aromatic N) is 1. The van der Waals surface area contributed by atoms with E-state index in [1.165, 1.54) is 0 Å². The van der Waals surface area contributed by atoms with E-state index in [1.807, 2.05) is 24.3 Å². The van der Waals surface area contributed by atoms with Crippen molar-refractivity contribution in [2.24, 2.45) is 0 Å². The molecule has 1 heterocycles. The summed E-state index contributed by atoms with van der Waals surface area (Å²) in [4.78, 5) is 16.5. The third-order valence-electron chi connectivity index (χ3n) is 2.40. The summed E-state index contributed by atoms with van der Waals surface area (Å²) in [6.45, 7) is 0.462. The molecular formula is C13H12ClN3OS. The van der Waals surface area contributed by atoms with Crippen LogP contribution in [0.3, 0.4) is 0 Å². The van der Waals surface area contributed by atoms with Crippen molar-refractivity contribution in [2.75, 3.05) is 5.32 Å². The maximum Gasteiger partial charge on any atom is 0.319 e. The smallest absolute Gasteiger partial charge is 0.319 e. The summed E-state index contributed by atoms with van der Waals surface area (Å²) in [6, 6.07) is 10.8. The molecule has 0 saturated carbocycles. The summed E-state index contributed by atoms with van der Waals surface area (Å²) in [5.41, 5.74) is 1.72. The molecule has 0 radical (unpaired) electrons. The molecule has 98 valence electrons. The molecule has 2 N–H and O–H groups in total. The van der Waals surface area contributed by atoms with Crippen molar-refractivity contribution in [3.63, 3.8) is 0 Å². The number of carbonyl (C=O) groups excluding carboxylic acids is 1. The lowest BCUT2D eigenvalue weighted by molar-refractivity contribution is 0.251.